The number of piperidine rings is 2. The van der Waals surface area contributed by atoms with Crippen LogP contribution in [-0.2, 0) is 10.2 Å². The molecule has 2 bridgehead atoms. The fourth-order valence-corrected chi connectivity index (χ4v) is 7.27. The van der Waals surface area contributed by atoms with Gasteiger partial charge in [-0.05, 0) is 32.6 Å². The van der Waals surface area contributed by atoms with Crippen LogP contribution in [0.5, 0.6) is 5.88 Å². The van der Waals surface area contributed by atoms with Gasteiger partial charge in [-0.3, -0.25) is 5.10 Å². The summed E-state index contributed by atoms with van der Waals surface area (Å²) in [7, 11) is -2.01. The second-order valence-corrected chi connectivity index (χ2v) is 11.0. The van der Waals surface area contributed by atoms with Gasteiger partial charge in [-0.25, -0.2) is 0 Å². The summed E-state index contributed by atoms with van der Waals surface area (Å²) in [5, 5.41) is 22.7. The summed E-state index contributed by atoms with van der Waals surface area (Å²) >= 11 is 0. The third kappa shape index (κ3) is 4.40. The molecule has 2 aromatic rings. The lowest BCUT2D eigenvalue weighted by molar-refractivity contribution is 0.0983. The predicted molar refractivity (Wildman–Crippen MR) is 125 cm³/mol. The highest BCUT2D eigenvalue weighted by atomic mass is 32.2. The van der Waals surface area contributed by atoms with E-state index in [4.69, 9.17) is 10.00 Å². The molecule has 182 valence electrons. The van der Waals surface area contributed by atoms with E-state index in [0.29, 0.717) is 49.4 Å². The Kier molecular flexibility index (Phi) is 6.05. The molecule has 3 aliphatic rings. The number of aromatic nitrogens is 4. The second-order valence-electron chi connectivity index (χ2n) is 9.21. The molecule has 3 N–H and O–H groups in total. The van der Waals surface area contributed by atoms with E-state index < -0.39 is 10.2 Å². The minimum Gasteiger partial charge on any atom is -0.481 e. The lowest BCUT2D eigenvalue weighted by Crippen LogP contribution is -2.63. The van der Waals surface area contributed by atoms with E-state index in [1.165, 1.54) is 4.31 Å². The molecule has 34 heavy (non-hydrogen) atoms. The van der Waals surface area contributed by atoms with Crippen LogP contribution >= 0.6 is 0 Å². The number of aryl methyl sites for hydroxylation is 1. The summed E-state index contributed by atoms with van der Waals surface area (Å²) in [5.74, 6) is 1.82. The summed E-state index contributed by atoms with van der Waals surface area (Å²) in [5.41, 5.74) is 0.927. The third-order valence-corrected chi connectivity index (χ3v) is 8.82. The normalized spacial score (nSPS) is 25.9. The standard InChI is InChI=1S/C21H29N9O3S/c1-13-6-19(28-27-13)24-18-9-20(33-2)26-21(25-18)23-15-7-16-4-3-5-17(8-15)30(16)34(31,32)29-11-14(10-22)12-29/h6,9,14-17H,3-5,7-8,11-12H2,1-2H3,(H3,23,24,25,26,27,28)/t15?,16-,17+. The van der Waals surface area contributed by atoms with Crippen LogP contribution in [0.15, 0.2) is 12.1 Å². The number of rotatable bonds is 7. The van der Waals surface area contributed by atoms with Crippen LogP contribution in [-0.4, -0.2) is 75.5 Å². The molecule has 0 radical (unpaired) electrons. The van der Waals surface area contributed by atoms with Gasteiger partial charge in [0.05, 0.1) is 19.1 Å². The first-order chi connectivity index (χ1) is 16.4. The average molecular weight is 488 g/mol. The van der Waals surface area contributed by atoms with E-state index in [1.807, 2.05) is 13.0 Å². The summed E-state index contributed by atoms with van der Waals surface area (Å²) in [6.07, 6.45) is 4.02. The zero-order valence-electron chi connectivity index (χ0n) is 19.2. The Hall–Kier alpha value is -2.95. The zero-order chi connectivity index (χ0) is 23.9. The van der Waals surface area contributed by atoms with Gasteiger partial charge in [0.15, 0.2) is 5.82 Å². The average Bonchev–Trinajstić information content (AvgIpc) is 3.16. The fourth-order valence-electron chi connectivity index (χ4n) is 5.13. The third-order valence-electron chi connectivity index (χ3n) is 6.74. The molecule has 5 heterocycles. The number of ether oxygens (including phenoxy) is 1. The van der Waals surface area contributed by atoms with Crippen molar-refractivity contribution in [2.45, 2.75) is 57.2 Å². The van der Waals surface area contributed by atoms with Gasteiger partial charge in [0.1, 0.15) is 5.82 Å². The van der Waals surface area contributed by atoms with Gasteiger partial charge in [0.2, 0.25) is 11.8 Å². The topological polar surface area (TPSA) is 152 Å². The van der Waals surface area contributed by atoms with Crippen LogP contribution in [0.2, 0.25) is 0 Å². The van der Waals surface area contributed by atoms with Crippen LogP contribution in [0.25, 0.3) is 0 Å². The Labute approximate surface area is 198 Å². The van der Waals surface area contributed by atoms with Crippen LogP contribution in [0.4, 0.5) is 17.6 Å². The molecule has 1 unspecified atom stereocenters. The molecule has 0 amide bonds. The van der Waals surface area contributed by atoms with Crippen molar-refractivity contribution in [3.63, 3.8) is 0 Å². The van der Waals surface area contributed by atoms with E-state index in [2.05, 4.69) is 36.9 Å². The summed E-state index contributed by atoms with van der Waals surface area (Å²) in [6, 6.07) is 5.60. The van der Waals surface area contributed by atoms with Crippen molar-refractivity contribution in [1.29, 1.82) is 5.26 Å². The van der Waals surface area contributed by atoms with E-state index in [-0.39, 0.29) is 24.0 Å². The van der Waals surface area contributed by atoms with E-state index in [0.717, 1.165) is 25.0 Å². The lowest BCUT2D eigenvalue weighted by Gasteiger charge is -2.50. The van der Waals surface area contributed by atoms with Gasteiger partial charge in [-0.15, -0.1) is 0 Å². The smallest absolute Gasteiger partial charge is 0.282 e. The highest BCUT2D eigenvalue weighted by Gasteiger charge is 2.49. The van der Waals surface area contributed by atoms with Gasteiger partial charge in [0, 0.05) is 49.0 Å². The number of nitriles is 1. The highest BCUT2D eigenvalue weighted by Crippen LogP contribution is 2.39. The molecule has 12 nitrogen and oxygen atoms in total. The predicted octanol–water partition coefficient (Wildman–Crippen LogP) is 1.76. The Morgan fingerprint density at radius 2 is 1.91 bits per heavy atom. The van der Waals surface area contributed by atoms with Crippen molar-refractivity contribution >= 4 is 27.8 Å². The summed E-state index contributed by atoms with van der Waals surface area (Å²) < 4.78 is 35.1. The Morgan fingerprint density at radius 1 is 1.18 bits per heavy atom. The number of fused-ring (bicyclic) bond motifs is 2. The molecule has 0 aliphatic carbocycles. The van der Waals surface area contributed by atoms with Crippen molar-refractivity contribution < 1.29 is 13.2 Å². The summed E-state index contributed by atoms with van der Waals surface area (Å²) in [4.78, 5) is 9.01. The fraction of sp³-hybridized carbons (Fsp3) is 0.619. The maximum atomic E-state index is 13.3. The number of hydrogen-bond donors (Lipinski definition) is 3. The monoisotopic (exact) mass is 487 g/mol. The van der Waals surface area contributed by atoms with Gasteiger partial charge in [-0.1, -0.05) is 6.42 Å². The molecule has 3 saturated heterocycles. The maximum absolute atomic E-state index is 13.3. The van der Waals surface area contributed by atoms with Crippen molar-refractivity contribution in [3.05, 3.63) is 17.8 Å². The van der Waals surface area contributed by atoms with E-state index in [9.17, 15) is 8.42 Å². The van der Waals surface area contributed by atoms with Crippen LogP contribution in [0, 0.1) is 24.2 Å². The van der Waals surface area contributed by atoms with Crippen LogP contribution in [0.1, 0.15) is 37.8 Å². The molecule has 3 fully saturated rings. The summed E-state index contributed by atoms with van der Waals surface area (Å²) in [6.45, 7) is 2.50. The number of hydrogen-bond acceptors (Lipinski definition) is 9. The van der Waals surface area contributed by atoms with Gasteiger partial charge in [0.25, 0.3) is 10.2 Å². The number of H-pyrrole nitrogens is 1. The minimum atomic E-state index is -3.56. The SMILES string of the molecule is COc1cc(Nc2cc(C)[nH]n2)nc(NC2C[C@H]3CCC[C@@H](C2)N3S(=O)(=O)N2CC(C#N)C2)n1. The number of anilines is 3. The number of aromatic amines is 1. The Bertz CT molecular complexity index is 1170. The molecule has 5 rings (SSSR count). The first kappa shape index (κ1) is 22.8. The van der Waals surface area contributed by atoms with E-state index >= 15 is 0 Å². The number of nitrogens with one attached hydrogen (secondary N) is 3. The molecular weight excluding hydrogens is 458 g/mol. The highest BCUT2D eigenvalue weighted by molar-refractivity contribution is 7.86. The molecule has 3 atom stereocenters. The van der Waals surface area contributed by atoms with Crippen LogP contribution < -0.4 is 15.4 Å². The van der Waals surface area contributed by atoms with Gasteiger partial charge in [-0.2, -0.15) is 37.4 Å². The molecular formula is C21H29N9O3S. The molecule has 0 saturated carbocycles. The Balaban J connectivity index is 1.30. The second kappa shape index (κ2) is 9.01. The first-order valence-electron chi connectivity index (χ1n) is 11.5. The molecule has 3 aliphatic heterocycles. The first-order valence-corrected chi connectivity index (χ1v) is 12.9. The number of methoxy groups -OCH3 is 1. The quantitative estimate of drug-likeness (QED) is 0.530. The molecule has 0 aromatic carbocycles. The Morgan fingerprint density at radius 3 is 2.53 bits per heavy atom. The van der Waals surface area contributed by atoms with Crippen molar-refractivity contribution in [1.82, 2.24) is 28.8 Å². The van der Waals surface area contributed by atoms with Crippen molar-refractivity contribution in [2.75, 3.05) is 30.8 Å². The van der Waals surface area contributed by atoms with Gasteiger partial charge < -0.3 is 15.4 Å². The number of nitrogens with zero attached hydrogens (tertiary/aromatic N) is 6. The van der Waals surface area contributed by atoms with Crippen molar-refractivity contribution in [2.24, 2.45) is 5.92 Å². The van der Waals surface area contributed by atoms with Gasteiger partial charge >= 0.3 is 0 Å². The molecule has 2 aromatic heterocycles. The largest absolute Gasteiger partial charge is 0.481 e. The van der Waals surface area contributed by atoms with Crippen LogP contribution in [0.3, 0.4) is 0 Å². The van der Waals surface area contributed by atoms with Crippen molar-refractivity contribution in [3.8, 4) is 11.9 Å². The maximum Gasteiger partial charge on any atom is 0.282 e. The zero-order valence-corrected chi connectivity index (χ0v) is 20.0. The van der Waals surface area contributed by atoms with E-state index in [1.54, 1.807) is 17.5 Å². The molecule has 0 spiro atoms. The lowest BCUT2D eigenvalue weighted by atomic mass is 9.84. The molecule has 13 heteroatoms. The minimum absolute atomic E-state index is 0.0394.